The van der Waals surface area contributed by atoms with Gasteiger partial charge in [-0.2, -0.15) is 0 Å². The largest absolute Gasteiger partial charge is 0.370 e. The number of fused-ring (bicyclic) bond motifs is 2. The van der Waals surface area contributed by atoms with E-state index in [1.807, 2.05) is 12.2 Å². The number of hydrogen-bond acceptors (Lipinski definition) is 3. The molecule has 0 N–H and O–H groups in total. The highest BCUT2D eigenvalue weighted by Gasteiger charge is 2.53. The molecule has 3 fully saturated rings. The van der Waals surface area contributed by atoms with Gasteiger partial charge in [0.25, 0.3) is 0 Å². The number of carbonyl (C=O) groups is 2. The highest BCUT2D eigenvalue weighted by atomic mass is 16.6. The summed E-state index contributed by atoms with van der Waals surface area (Å²) in [6.45, 7) is 18.6. The molecule has 7 atom stereocenters. The van der Waals surface area contributed by atoms with E-state index in [0.717, 1.165) is 32.3 Å². The fourth-order valence-electron chi connectivity index (χ4n) is 7.08. The Hall–Kier alpha value is -1.48. The van der Waals surface area contributed by atoms with Crippen molar-refractivity contribution in [2.24, 2.45) is 34.5 Å². The van der Waals surface area contributed by atoms with E-state index in [1.54, 1.807) is 0 Å². The summed E-state index contributed by atoms with van der Waals surface area (Å²) in [7, 11) is 0. The molecule has 3 unspecified atom stereocenters. The molecule has 3 nitrogen and oxygen atoms in total. The number of rotatable bonds is 2. The van der Waals surface area contributed by atoms with Gasteiger partial charge in [-0.1, -0.05) is 58.4 Å². The number of ketones is 2. The van der Waals surface area contributed by atoms with E-state index >= 15 is 0 Å². The molecule has 2 saturated carbocycles. The topological polar surface area (TPSA) is 46.7 Å². The lowest BCUT2D eigenvalue weighted by Gasteiger charge is -2.47. The van der Waals surface area contributed by atoms with Gasteiger partial charge in [-0.05, 0) is 99.0 Å². The van der Waals surface area contributed by atoms with E-state index in [4.69, 9.17) is 4.74 Å². The summed E-state index contributed by atoms with van der Waals surface area (Å²) >= 11 is 0. The third-order valence-corrected chi connectivity index (χ3v) is 10.4. The van der Waals surface area contributed by atoms with Crippen molar-refractivity contribution in [2.75, 3.05) is 6.61 Å². The standard InChI is InChI=1S/C15H22O2.C15H22O.CH4/c1-10-6-13(16)7-11-4-5-12(8-14(10,11)2)15(3)9-17-15;1-10(2)12-5-6-13-8-14(16)7-11(3)15(13,4)9-12;/h7,10,12H,4-6,8-9H2,1-3H3;8,11-12H,1,5-7,9H2,2-4H3;1H4/t10-,12?,14+,15?;11-,12?,15+;/m11./s1. The first-order valence-corrected chi connectivity index (χ1v) is 13.1. The highest BCUT2D eigenvalue weighted by molar-refractivity contribution is 5.92. The lowest BCUT2D eigenvalue weighted by molar-refractivity contribution is -0.118. The van der Waals surface area contributed by atoms with Crippen molar-refractivity contribution in [3.8, 4) is 0 Å². The Morgan fingerprint density at radius 3 is 1.85 bits per heavy atom. The molecule has 190 valence electrons. The lowest BCUT2D eigenvalue weighted by Crippen LogP contribution is -2.41. The SMILES string of the molecule is C.C=C(C)C1CCC2=CC(=O)C[C@@H](C)[C@]2(C)C1.C[C@@H]1CC(=O)C=C2CCC(C3(C)CO3)C[C@]21C. The van der Waals surface area contributed by atoms with E-state index in [1.165, 1.54) is 42.4 Å². The van der Waals surface area contributed by atoms with Crippen molar-refractivity contribution in [1.82, 2.24) is 0 Å². The van der Waals surface area contributed by atoms with Crippen LogP contribution in [0.2, 0.25) is 0 Å². The van der Waals surface area contributed by atoms with Crippen LogP contribution in [0.4, 0.5) is 0 Å². The minimum Gasteiger partial charge on any atom is -0.370 e. The predicted molar refractivity (Wildman–Crippen MR) is 141 cm³/mol. The minimum absolute atomic E-state index is 0. The maximum atomic E-state index is 11.7. The molecular weight excluding hydrogens is 420 g/mol. The number of epoxide rings is 1. The average molecular weight is 469 g/mol. The maximum Gasteiger partial charge on any atom is 0.155 e. The normalized spacial score (nSPS) is 43.1. The van der Waals surface area contributed by atoms with Crippen LogP contribution in [0.15, 0.2) is 35.5 Å². The van der Waals surface area contributed by atoms with Gasteiger partial charge in [0.1, 0.15) is 0 Å². The monoisotopic (exact) mass is 468 g/mol. The Morgan fingerprint density at radius 1 is 0.912 bits per heavy atom. The first-order valence-electron chi connectivity index (χ1n) is 13.1. The van der Waals surface area contributed by atoms with Crippen molar-refractivity contribution in [1.29, 1.82) is 0 Å². The molecule has 4 aliphatic carbocycles. The first-order chi connectivity index (χ1) is 15.4. The molecule has 0 aromatic heterocycles. The zero-order chi connectivity index (χ0) is 24.2. The molecule has 5 aliphatic rings. The van der Waals surface area contributed by atoms with Gasteiger partial charge >= 0.3 is 0 Å². The van der Waals surface area contributed by atoms with Crippen LogP contribution in [0.1, 0.15) is 100 Å². The molecule has 0 spiro atoms. The molecule has 0 radical (unpaired) electrons. The van der Waals surface area contributed by atoms with Crippen molar-refractivity contribution in [3.05, 3.63) is 35.5 Å². The van der Waals surface area contributed by atoms with Gasteiger partial charge in [0.15, 0.2) is 11.6 Å². The smallest absolute Gasteiger partial charge is 0.155 e. The van der Waals surface area contributed by atoms with Crippen LogP contribution in [0.25, 0.3) is 0 Å². The molecule has 1 heterocycles. The van der Waals surface area contributed by atoms with Crippen LogP contribution in [-0.2, 0) is 14.3 Å². The second-order valence-electron chi connectivity index (χ2n) is 12.6. The van der Waals surface area contributed by atoms with Crippen LogP contribution in [0.5, 0.6) is 0 Å². The first kappa shape index (κ1) is 27.1. The Labute approximate surface area is 208 Å². The fraction of sp³-hybridized carbons (Fsp3) is 0.742. The second-order valence-corrected chi connectivity index (χ2v) is 12.6. The number of ether oxygens (including phenoxy) is 1. The number of allylic oxidation sites excluding steroid dienone is 5. The molecule has 1 saturated heterocycles. The molecule has 0 amide bonds. The third-order valence-electron chi connectivity index (χ3n) is 10.4. The van der Waals surface area contributed by atoms with Gasteiger partial charge in [-0.25, -0.2) is 0 Å². The molecule has 0 aromatic rings. The second kappa shape index (κ2) is 9.52. The molecule has 3 heteroatoms. The summed E-state index contributed by atoms with van der Waals surface area (Å²) in [6, 6.07) is 0. The molecule has 0 bridgehead atoms. The Bertz CT molecular complexity index is 904. The molecular formula is C31H48O3. The summed E-state index contributed by atoms with van der Waals surface area (Å²) in [5.74, 6) is 2.96. The quantitative estimate of drug-likeness (QED) is 0.309. The van der Waals surface area contributed by atoms with E-state index < -0.39 is 0 Å². The summed E-state index contributed by atoms with van der Waals surface area (Å²) in [4.78, 5) is 23.3. The van der Waals surface area contributed by atoms with Crippen LogP contribution >= 0.6 is 0 Å². The number of hydrogen-bond donors (Lipinski definition) is 0. The van der Waals surface area contributed by atoms with Gasteiger partial charge in [0.05, 0.1) is 12.2 Å². The highest BCUT2D eigenvalue weighted by Crippen LogP contribution is 2.56. The zero-order valence-corrected chi connectivity index (χ0v) is 21.8. The van der Waals surface area contributed by atoms with Crippen molar-refractivity contribution in [3.63, 3.8) is 0 Å². The summed E-state index contributed by atoms with van der Waals surface area (Å²) in [5, 5.41) is 0. The van der Waals surface area contributed by atoms with Gasteiger partial charge in [0, 0.05) is 12.8 Å². The third kappa shape index (κ3) is 4.92. The Morgan fingerprint density at radius 2 is 1.38 bits per heavy atom. The zero-order valence-electron chi connectivity index (χ0n) is 21.8. The van der Waals surface area contributed by atoms with Gasteiger partial charge < -0.3 is 4.74 Å². The van der Waals surface area contributed by atoms with Crippen LogP contribution in [0, 0.1) is 34.5 Å². The lowest BCUT2D eigenvalue weighted by atomic mass is 9.57. The van der Waals surface area contributed by atoms with E-state index in [-0.39, 0.29) is 23.9 Å². The Kier molecular flexibility index (Phi) is 7.60. The molecule has 1 aliphatic heterocycles. The number of carbonyl (C=O) groups excluding carboxylic acids is 2. The predicted octanol–water partition coefficient (Wildman–Crippen LogP) is 7.66. The fourth-order valence-corrected chi connectivity index (χ4v) is 7.08. The summed E-state index contributed by atoms with van der Waals surface area (Å²) in [6.07, 6.45) is 12.2. The van der Waals surface area contributed by atoms with Gasteiger partial charge in [0.2, 0.25) is 0 Å². The minimum atomic E-state index is 0. The van der Waals surface area contributed by atoms with Crippen molar-refractivity contribution >= 4 is 11.6 Å². The van der Waals surface area contributed by atoms with E-state index in [9.17, 15) is 9.59 Å². The molecule has 5 rings (SSSR count). The molecule has 34 heavy (non-hydrogen) atoms. The average Bonchev–Trinajstić information content (AvgIpc) is 3.48. The van der Waals surface area contributed by atoms with Crippen molar-refractivity contribution in [2.45, 2.75) is 106 Å². The van der Waals surface area contributed by atoms with E-state index in [2.05, 4.69) is 48.1 Å². The van der Waals surface area contributed by atoms with Crippen molar-refractivity contribution < 1.29 is 14.3 Å². The maximum absolute atomic E-state index is 11.7. The summed E-state index contributed by atoms with van der Waals surface area (Å²) < 4.78 is 5.63. The van der Waals surface area contributed by atoms with Crippen LogP contribution in [0.3, 0.4) is 0 Å². The van der Waals surface area contributed by atoms with Gasteiger partial charge in [-0.15, -0.1) is 0 Å². The summed E-state index contributed by atoms with van der Waals surface area (Å²) in [5.41, 5.74) is 4.75. The van der Waals surface area contributed by atoms with E-state index in [0.29, 0.717) is 35.2 Å². The Balaban J connectivity index is 0.000000186. The van der Waals surface area contributed by atoms with Crippen LogP contribution < -0.4 is 0 Å². The molecule has 0 aromatic carbocycles. The van der Waals surface area contributed by atoms with Gasteiger partial charge in [-0.3, -0.25) is 9.59 Å². The van der Waals surface area contributed by atoms with Crippen LogP contribution in [-0.4, -0.2) is 23.8 Å².